The highest BCUT2D eigenvalue weighted by Crippen LogP contribution is 2.27. The molecule has 28 heavy (non-hydrogen) atoms. The first-order valence-corrected chi connectivity index (χ1v) is 9.39. The zero-order valence-corrected chi connectivity index (χ0v) is 15.9. The molecule has 0 spiro atoms. The van der Waals surface area contributed by atoms with E-state index in [1.165, 1.54) is 6.92 Å². The molecule has 1 fully saturated rings. The van der Waals surface area contributed by atoms with Gasteiger partial charge in [-0.2, -0.15) is 5.26 Å². The molecule has 8 heteroatoms. The van der Waals surface area contributed by atoms with Crippen LogP contribution in [0.4, 0.5) is 4.79 Å². The Morgan fingerprint density at radius 3 is 2.43 bits per heavy atom. The molecule has 1 saturated carbocycles. The molecule has 1 aromatic rings. The largest absolute Gasteiger partial charge is 0.451 e. The Morgan fingerprint density at radius 1 is 1.21 bits per heavy atom. The fourth-order valence-electron chi connectivity index (χ4n) is 3.28. The van der Waals surface area contributed by atoms with Crippen molar-refractivity contribution in [2.24, 2.45) is 5.73 Å². The molecule has 4 N–H and O–H groups in total. The number of carbonyl (C=O) groups excluding carboxylic acids is 3. The molecule has 0 bridgehead atoms. The summed E-state index contributed by atoms with van der Waals surface area (Å²) in [6.45, 7) is 1.44. The number of nitrogens with one attached hydrogen (secondary N) is 2. The molecule has 2 rings (SSSR count). The minimum Gasteiger partial charge on any atom is -0.451 e. The highest BCUT2D eigenvalue weighted by atomic mass is 16.5. The standard InChI is InChI=1S/C20H26N4O4/c1-14(17(25)24-20(13-21)10-6-3-7-11-20)28-18(26)16(23-19(22)27)12-15-8-4-2-5-9-15/h2,4-5,8-9,14,16H,3,6-7,10-12H2,1H3,(H,24,25)(H3,22,23,27)/t14-,16-/m0/s1. The lowest BCUT2D eigenvalue weighted by molar-refractivity contribution is -0.157. The van der Waals surface area contributed by atoms with Crippen molar-refractivity contribution in [2.75, 3.05) is 0 Å². The van der Waals surface area contributed by atoms with E-state index in [1.54, 1.807) is 12.1 Å². The van der Waals surface area contributed by atoms with Crippen LogP contribution in [0.1, 0.15) is 44.6 Å². The van der Waals surface area contributed by atoms with E-state index >= 15 is 0 Å². The Kier molecular flexibility index (Phi) is 7.38. The van der Waals surface area contributed by atoms with Crippen molar-refractivity contribution < 1.29 is 19.1 Å². The Balaban J connectivity index is 1.99. The molecule has 2 atom stereocenters. The van der Waals surface area contributed by atoms with Gasteiger partial charge in [-0.1, -0.05) is 49.6 Å². The lowest BCUT2D eigenvalue weighted by Crippen LogP contribution is -2.53. The first kappa shape index (κ1) is 21.2. The lowest BCUT2D eigenvalue weighted by atomic mass is 9.83. The number of esters is 1. The highest BCUT2D eigenvalue weighted by molar-refractivity contribution is 5.87. The lowest BCUT2D eigenvalue weighted by Gasteiger charge is -2.32. The molecule has 1 aromatic carbocycles. The molecular weight excluding hydrogens is 360 g/mol. The van der Waals surface area contributed by atoms with Crippen LogP contribution in [0.15, 0.2) is 30.3 Å². The van der Waals surface area contributed by atoms with Crippen molar-refractivity contribution in [3.8, 4) is 6.07 Å². The maximum Gasteiger partial charge on any atom is 0.329 e. The van der Waals surface area contributed by atoms with Gasteiger partial charge in [-0.15, -0.1) is 0 Å². The van der Waals surface area contributed by atoms with Crippen LogP contribution in [0.2, 0.25) is 0 Å². The fraction of sp³-hybridized carbons (Fsp3) is 0.500. The van der Waals surface area contributed by atoms with E-state index in [4.69, 9.17) is 10.5 Å². The summed E-state index contributed by atoms with van der Waals surface area (Å²) in [6, 6.07) is 9.37. The van der Waals surface area contributed by atoms with E-state index < -0.39 is 35.6 Å². The molecule has 3 amide bonds. The zero-order valence-electron chi connectivity index (χ0n) is 15.9. The summed E-state index contributed by atoms with van der Waals surface area (Å²) in [4.78, 5) is 36.2. The van der Waals surface area contributed by atoms with Crippen molar-refractivity contribution in [1.82, 2.24) is 10.6 Å². The molecule has 1 aliphatic carbocycles. The van der Waals surface area contributed by atoms with Gasteiger partial charge in [0.2, 0.25) is 0 Å². The Bertz CT molecular complexity index is 738. The van der Waals surface area contributed by atoms with Gasteiger partial charge < -0.3 is 21.1 Å². The average molecular weight is 386 g/mol. The zero-order chi connectivity index (χ0) is 20.6. The quantitative estimate of drug-likeness (QED) is 0.611. The van der Waals surface area contributed by atoms with Gasteiger partial charge >= 0.3 is 12.0 Å². The summed E-state index contributed by atoms with van der Waals surface area (Å²) in [5.74, 6) is -1.30. The van der Waals surface area contributed by atoms with Gasteiger partial charge in [0, 0.05) is 6.42 Å². The van der Waals surface area contributed by atoms with E-state index in [2.05, 4.69) is 16.7 Å². The molecule has 0 radical (unpaired) electrons. The second-order valence-corrected chi connectivity index (χ2v) is 7.07. The van der Waals surface area contributed by atoms with Crippen molar-refractivity contribution in [2.45, 2.75) is 63.1 Å². The number of hydrogen-bond donors (Lipinski definition) is 3. The number of primary amides is 1. The maximum atomic E-state index is 12.5. The highest BCUT2D eigenvalue weighted by Gasteiger charge is 2.36. The van der Waals surface area contributed by atoms with E-state index in [0.717, 1.165) is 24.8 Å². The van der Waals surface area contributed by atoms with Gasteiger partial charge in [0.1, 0.15) is 11.6 Å². The first-order valence-electron chi connectivity index (χ1n) is 9.39. The number of nitriles is 1. The first-order chi connectivity index (χ1) is 13.3. The molecular formula is C20H26N4O4. The van der Waals surface area contributed by atoms with E-state index in [9.17, 15) is 19.6 Å². The van der Waals surface area contributed by atoms with Gasteiger partial charge in [-0.05, 0) is 25.3 Å². The third kappa shape index (κ3) is 5.98. The summed E-state index contributed by atoms with van der Waals surface area (Å²) in [6.07, 6.45) is 2.99. The van der Waals surface area contributed by atoms with Gasteiger partial charge in [-0.3, -0.25) is 4.79 Å². The molecule has 0 heterocycles. The van der Waals surface area contributed by atoms with Gasteiger partial charge in [0.05, 0.1) is 6.07 Å². The third-order valence-electron chi connectivity index (χ3n) is 4.83. The second kappa shape index (κ2) is 9.74. The molecule has 0 aliphatic heterocycles. The molecule has 0 saturated heterocycles. The normalized spacial score (nSPS) is 17.4. The third-order valence-corrected chi connectivity index (χ3v) is 4.83. The summed E-state index contributed by atoms with van der Waals surface area (Å²) in [5, 5.41) is 14.6. The number of benzene rings is 1. The van der Waals surface area contributed by atoms with Crippen LogP contribution in [0.3, 0.4) is 0 Å². The summed E-state index contributed by atoms with van der Waals surface area (Å²) < 4.78 is 5.25. The Morgan fingerprint density at radius 2 is 1.86 bits per heavy atom. The molecule has 1 aliphatic rings. The minimum atomic E-state index is -1.10. The predicted molar refractivity (Wildman–Crippen MR) is 102 cm³/mol. The summed E-state index contributed by atoms with van der Waals surface area (Å²) >= 11 is 0. The summed E-state index contributed by atoms with van der Waals surface area (Å²) in [7, 11) is 0. The van der Waals surface area contributed by atoms with Crippen LogP contribution in [-0.4, -0.2) is 35.6 Å². The molecule has 150 valence electrons. The van der Waals surface area contributed by atoms with E-state index in [0.29, 0.717) is 12.8 Å². The predicted octanol–water partition coefficient (Wildman–Crippen LogP) is 1.54. The molecule has 0 aromatic heterocycles. The van der Waals surface area contributed by atoms with Crippen LogP contribution in [-0.2, 0) is 20.7 Å². The van der Waals surface area contributed by atoms with Gasteiger partial charge in [0.25, 0.3) is 5.91 Å². The van der Waals surface area contributed by atoms with Crippen molar-refractivity contribution in [1.29, 1.82) is 5.26 Å². The van der Waals surface area contributed by atoms with Crippen LogP contribution >= 0.6 is 0 Å². The van der Waals surface area contributed by atoms with Crippen molar-refractivity contribution in [3.63, 3.8) is 0 Å². The van der Waals surface area contributed by atoms with Crippen molar-refractivity contribution >= 4 is 17.9 Å². The number of carbonyl (C=O) groups is 3. The van der Waals surface area contributed by atoms with Crippen LogP contribution < -0.4 is 16.4 Å². The van der Waals surface area contributed by atoms with Crippen LogP contribution in [0, 0.1) is 11.3 Å². The fourth-order valence-corrected chi connectivity index (χ4v) is 3.28. The number of amides is 3. The van der Waals surface area contributed by atoms with E-state index in [1.807, 2.05) is 18.2 Å². The Hall–Kier alpha value is -3.08. The van der Waals surface area contributed by atoms with Crippen molar-refractivity contribution in [3.05, 3.63) is 35.9 Å². The number of nitrogens with two attached hydrogens (primary N) is 1. The minimum absolute atomic E-state index is 0.180. The summed E-state index contributed by atoms with van der Waals surface area (Å²) in [5.41, 5.74) is 5.06. The number of nitrogens with zero attached hydrogens (tertiary/aromatic N) is 1. The van der Waals surface area contributed by atoms with Crippen LogP contribution in [0.25, 0.3) is 0 Å². The number of ether oxygens (including phenoxy) is 1. The number of hydrogen-bond acceptors (Lipinski definition) is 5. The number of urea groups is 1. The van der Waals surface area contributed by atoms with Crippen LogP contribution in [0.5, 0.6) is 0 Å². The second-order valence-electron chi connectivity index (χ2n) is 7.07. The molecule has 8 nitrogen and oxygen atoms in total. The maximum absolute atomic E-state index is 12.5. The number of rotatable bonds is 7. The van der Waals surface area contributed by atoms with Gasteiger partial charge in [0.15, 0.2) is 6.10 Å². The van der Waals surface area contributed by atoms with Gasteiger partial charge in [-0.25, -0.2) is 9.59 Å². The topological polar surface area (TPSA) is 134 Å². The van der Waals surface area contributed by atoms with E-state index in [-0.39, 0.29) is 6.42 Å². The smallest absolute Gasteiger partial charge is 0.329 e. The Labute approximate surface area is 164 Å². The average Bonchev–Trinajstić information content (AvgIpc) is 2.68. The SMILES string of the molecule is C[C@H](OC(=O)[C@H](Cc1ccccc1)NC(N)=O)C(=O)NC1(C#N)CCCCC1. The molecule has 0 unspecified atom stereocenters. The monoisotopic (exact) mass is 386 g/mol.